The third-order valence-electron chi connectivity index (χ3n) is 10.1. The average molecular weight is 721 g/mol. The minimum Gasteiger partial charge on any atom is -0.463 e. The van der Waals surface area contributed by atoms with E-state index in [0.717, 1.165) is 38.5 Å². The van der Waals surface area contributed by atoms with Crippen molar-refractivity contribution in [1.29, 1.82) is 0 Å². The van der Waals surface area contributed by atoms with Crippen molar-refractivity contribution in [1.82, 2.24) is 0 Å². The van der Waals surface area contributed by atoms with Gasteiger partial charge in [-0.2, -0.15) is 0 Å². The maximum atomic E-state index is 12.4. The van der Waals surface area contributed by atoms with Crippen LogP contribution in [0.2, 0.25) is 0 Å². The molecule has 51 heavy (non-hydrogen) atoms. The maximum absolute atomic E-state index is 12.4. The molecule has 0 heterocycles. The summed E-state index contributed by atoms with van der Waals surface area (Å²) >= 11 is 0. The first-order chi connectivity index (χ1) is 24.8. The average Bonchev–Trinajstić information content (AvgIpc) is 3.39. The van der Waals surface area contributed by atoms with Crippen molar-refractivity contribution in [2.24, 2.45) is 11.8 Å². The monoisotopic (exact) mass is 721 g/mol. The molecule has 0 unspecified atom stereocenters. The molecule has 0 saturated heterocycles. The number of carbonyl (C=O) groups is 3. The number of Topliss-reactive ketones (excluding diaryl/α,β-unsaturated/α-hetero) is 1. The Labute approximate surface area is 311 Å². The lowest BCUT2D eigenvalue weighted by Crippen LogP contribution is -2.25. The normalized spacial score (nSPS) is 18.9. The van der Waals surface area contributed by atoms with Crippen molar-refractivity contribution < 1.29 is 39.2 Å². The lowest BCUT2D eigenvalue weighted by Gasteiger charge is -2.17. The van der Waals surface area contributed by atoms with Gasteiger partial charge in [-0.25, -0.2) is 0 Å². The van der Waals surface area contributed by atoms with Crippen molar-refractivity contribution in [2.45, 2.75) is 206 Å². The van der Waals surface area contributed by atoms with Crippen LogP contribution < -0.4 is 0 Å². The van der Waals surface area contributed by atoms with E-state index in [0.29, 0.717) is 32.1 Å². The first-order valence-corrected chi connectivity index (χ1v) is 21.0. The molecule has 3 N–H and O–H groups in total. The zero-order valence-corrected chi connectivity index (χ0v) is 32.6. The molecule has 0 aromatic rings. The molecule has 0 radical (unpaired) electrons. The first-order valence-electron chi connectivity index (χ1n) is 21.0. The van der Waals surface area contributed by atoms with Crippen molar-refractivity contribution in [2.75, 3.05) is 13.2 Å². The van der Waals surface area contributed by atoms with Crippen LogP contribution in [0.1, 0.15) is 187 Å². The molecule has 0 aromatic carbocycles. The highest BCUT2D eigenvalue weighted by molar-refractivity contribution is 5.86. The van der Waals surface area contributed by atoms with Gasteiger partial charge in [0.05, 0.1) is 12.2 Å². The van der Waals surface area contributed by atoms with Crippen LogP contribution >= 0.6 is 0 Å². The smallest absolute Gasteiger partial charge is 0.305 e. The minimum absolute atomic E-state index is 0.00295. The molecule has 8 heteroatoms. The molecule has 1 saturated carbocycles. The van der Waals surface area contributed by atoms with Gasteiger partial charge in [0.15, 0.2) is 0 Å². The zero-order valence-electron chi connectivity index (χ0n) is 32.6. The van der Waals surface area contributed by atoms with Gasteiger partial charge in [0, 0.05) is 31.1 Å². The molecule has 5 atom stereocenters. The quantitative estimate of drug-likeness (QED) is 0.0340. The largest absolute Gasteiger partial charge is 0.463 e. The van der Waals surface area contributed by atoms with Crippen LogP contribution in [0.4, 0.5) is 0 Å². The molecule has 8 nitrogen and oxygen atoms in total. The predicted octanol–water partition coefficient (Wildman–Crippen LogP) is 9.66. The maximum Gasteiger partial charge on any atom is 0.305 e. The molecule has 0 amide bonds. The Balaban J connectivity index is 2.01. The van der Waals surface area contributed by atoms with Crippen LogP contribution in [-0.4, -0.2) is 64.6 Å². The summed E-state index contributed by atoms with van der Waals surface area (Å²) in [6, 6.07) is 0. The number of hydrogen-bond acceptors (Lipinski definition) is 8. The molecule has 0 aromatic heterocycles. The fourth-order valence-corrected chi connectivity index (χ4v) is 6.77. The number of ketones is 1. The fourth-order valence-electron chi connectivity index (χ4n) is 6.77. The number of aliphatic hydroxyl groups is 3. The summed E-state index contributed by atoms with van der Waals surface area (Å²) in [6.07, 6.45) is 33.1. The second-order valence-corrected chi connectivity index (χ2v) is 14.9. The van der Waals surface area contributed by atoms with E-state index in [2.05, 4.69) is 13.8 Å². The Morgan fingerprint density at radius 2 is 1.16 bits per heavy atom. The van der Waals surface area contributed by atoms with Gasteiger partial charge in [-0.1, -0.05) is 160 Å². The number of carbonyl (C=O) groups excluding carboxylic acids is 3. The van der Waals surface area contributed by atoms with E-state index in [4.69, 9.17) is 9.47 Å². The number of ether oxygens (including phenoxy) is 2. The Kier molecular flexibility index (Phi) is 30.0. The molecule has 1 aliphatic carbocycles. The van der Waals surface area contributed by atoms with Gasteiger partial charge in [0.1, 0.15) is 25.1 Å². The van der Waals surface area contributed by atoms with Crippen molar-refractivity contribution in [3.05, 3.63) is 24.3 Å². The number of hydrogen-bond donors (Lipinski definition) is 3. The number of aliphatic hydroxyl groups excluding tert-OH is 3. The lowest BCUT2D eigenvalue weighted by atomic mass is 9.90. The highest BCUT2D eigenvalue weighted by atomic mass is 16.6. The summed E-state index contributed by atoms with van der Waals surface area (Å²) in [5.41, 5.74) is 0. The van der Waals surface area contributed by atoms with Crippen molar-refractivity contribution >= 4 is 17.7 Å². The van der Waals surface area contributed by atoms with Crippen LogP contribution in [-0.2, 0) is 23.9 Å². The predicted molar refractivity (Wildman–Crippen MR) is 206 cm³/mol. The summed E-state index contributed by atoms with van der Waals surface area (Å²) in [5, 5.41) is 30.6. The molecule has 1 rings (SSSR count). The number of esters is 2. The van der Waals surface area contributed by atoms with Gasteiger partial charge in [-0.15, -0.1) is 0 Å². The first kappa shape index (κ1) is 47.0. The molecule has 1 fully saturated rings. The van der Waals surface area contributed by atoms with E-state index in [9.17, 15) is 29.7 Å². The van der Waals surface area contributed by atoms with E-state index in [-0.39, 0.29) is 43.7 Å². The lowest BCUT2D eigenvalue weighted by molar-refractivity contribution is -0.152. The van der Waals surface area contributed by atoms with Gasteiger partial charge in [0.25, 0.3) is 0 Å². The topological polar surface area (TPSA) is 130 Å². The van der Waals surface area contributed by atoms with Gasteiger partial charge in [-0.05, 0) is 32.1 Å². The molecule has 296 valence electrons. The Hall–Kier alpha value is -2.03. The molecule has 0 spiro atoms. The van der Waals surface area contributed by atoms with Crippen LogP contribution in [0.25, 0.3) is 0 Å². The second-order valence-electron chi connectivity index (χ2n) is 14.9. The Morgan fingerprint density at radius 1 is 0.686 bits per heavy atom. The van der Waals surface area contributed by atoms with Gasteiger partial charge >= 0.3 is 11.9 Å². The Morgan fingerprint density at radius 3 is 1.69 bits per heavy atom. The summed E-state index contributed by atoms with van der Waals surface area (Å²) < 4.78 is 10.3. The molecule has 1 aliphatic rings. The molecule has 0 bridgehead atoms. The SMILES string of the molecule is CCCCCCCCCCCCCCCCCCCC(=O)OC[C@H](O)COC(=O)CCC/C=C\C[C@H]1[C@@H](O)CC(=O)[C@@H]1/C=C/[C@@H](O)CCCCC. The molecule has 0 aliphatic heterocycles. The third-order valence-corrected chi connectivity index (χ3v) is 10.1. The van der Waals surface area contributed by atoms with Crippen LogP contribution in [0, 0.1) is 11.8 Å². The summed E-state index contributed by atoms with van der Waals surface area (Å²) in [7, 11) is 0. The van der Waals surface area contributed by atoms with Crippen LogP contribution in [0.15, 0.2) is 24.3 Å². The highest BCUT2D eigenvalue weighted by Gasteiger charge is 2.39. The van der Waals surface area contributed by atoms with Gasteiger partial charge in [-0.3, -0.25) is 14.4 Å². The van der Waals surface area contributed by atoms with E-state index in [1.807, 2.05) is 12.2 Å². The summed E-state index contributed by atoms with van der Waals surface area (Å²) in [6.45, 7) is 3.99. The van der Waals surface area contributed by atoms with Crippen LogP contribution in [0.3, 0.4) is 0 Å². The van der Waals surface area contributed by atoms with E-state index in [1.54, 1.807) is 12.2 Å². The van der Waals surface area contributed by atoms with E-state index in [1.165, 1.54) is 89.9 Å². The van der Waals surface area contributed by atoms with Crippen molar-refractivity contribution in [3.63, 3.8) is 0 Å². The number of rotatable bonds is 34. The molecular formula is C43H76O8. The summed E-state index contributed by atoms with van der Waals surface area (Å²) in [4.78, 5) is 36.5. The van der Waals surface area contributed by atoms with E-state index >= 15 is 0 Å². The van der Waals surface area contributed by atoms with Gasteiger partial charge < -0.3 is 24.8 Å². The minimum atomic E-state index is -1.05. The third kappa shape index (κ3) is 26.4. The highest BCUT2D eigenvalue weighted by Crippen LogP contribution is 2.33. The number of allylic oxidation sites excluding steroid dienone is 3. The standard InChI is InChI=1S/C43H76O8/c1-3-5-7-8-9-10-11-12-13-14-15-16-17-18-19-20-25-29-42(48)50-34-37(45)35-51-43(49)30-26-22-21-24-28-38-39(41(47)33-40(38)46)32-31-36(44)27-23-6-4-2/h21,24,31-32,36-40,44-46H,3-20,22-23,25-30,33-35H2,1-2H3/b24-21-,32-31+/t36-,37-,38+,39+,40-/m0/s1. The molecular weight excluding hydrogens is 644 g/mol. The Bertz CT molecular complexity index is 931. The van der Waals surface area contributed by atoms with Crippen LogP contribution in [0.5, 0.6) is 0 Å². The van der Waals surface area contributed by atoms with Crippen molar-refractivity contribution in [3.8, 4) is 0 Å². The van der Waals surface area contributed by atoms with Gasteiger partial charge in [0.2, 0.25) is 0 Å². The summed E-state index contributed by atoms with van der Waals surface area (Å²) in [5.74, 6) is -1.35. The number of unbranched alkanes of at least 4 members (excludes halogenated alkanes) is 19. The fraction of sp³-hybridized carbons (Fsp3) is 0.837. The zero-order chi connectivity index (χ0) is 37.4. The van der Waals surface area contributed by atoms with E-state index < -0.39 is 30.2 Å². The second kappa shape index (κ2) is 32.6.